The molecule has 0 aliphatic rings. The second-order valence-corrected chi connectivity index (χ2v) is 6.73. The summed E-state index contributed by atoms with van der Waals surface area (Å²) in [5.74, 6) is 1.00. The third-order valence-electron chi connectivity index (χ3n) is 2.73. The van der Waals surface area contributed by atoms with Crippen LogP contribution in [0.3, 0.4) is 0 Å². The molecule has 21 heavy (non-hydrogen) atoms. The second kappa shape index (κ2) is 7.25. The summed E-state index contributed by atoms with van der Waals surface area (Å²) in [7, 11) is 0. The van der Waals surface area contributed by atoms with E-state index < -0.39 is 3.79 Å². The predicted molar refractivity (Wildman–Crippen MR) is 87.9 cm³/mol. The van der Waals surface area contributed by atoms with Gasteiger partial charge in [-0.15, -0.1) is 0 Å². The van der Waals surface area contributed by atoms with Gasteiger partial charge in [0.2, 0.25) is 9.74 Å². The molecular weight excluding hydrogens is 331 g/mol. The van der Waals surface area contributed by atoms with Crippen LogP contribution in [0.4, 0.5) is 5.95 Å². The number of nitrogens with zero attached hydrogens (tertiary/aromatic N) is 3. The SMILES string of the molecule is CCCCNc1nc(-c2ccccc2)nc(C(Cl)(Cl)Cl)n1. The molecule has 0 saturated heterocycles. The number of rotatable bonds is 5. The largest absolute Gasteiger partial charge is 0.354 e. The maximum absolute atomic E-state index is 5.90. The minimum Gasteiger partial charge on any atom is -0.354 e. The van der Waals surface area contributed by atoms with Crippen molar-refractivity contribution in [1.29, 1.82) is 0 Å². The molecule has 0 aliphatic carbocycles. The number of benzene rings is 1. The lowest BCUT2D eigenvalue weighted by Gasteiger charge is -2.13. The van der Waals surface area contributed by atoms with Crippen molar-refractivity contribution in [3.8, 4) is 11.4 Å². The lowest BCUT2D eigenvalue weighted by Crippen LogP contribution is -2.14. The molecule has 0 aliphatic heterocycles. The molecule has 2 aromatic rings. The molecule has 0 spiro atoms. The lowest BCUT2D eigenvalue weighted by atomic mass is 10.2. The summed E-state index contributed by atoms with van der Waals surface area (Å²) in [6.45, 7) is 2.87. The van der Waals surface area contributed by atoms with Crippen LogP contribution in [-0.2, 0) is 3.79 Å². The van der Waals surface area contributed by atoms with E-state index in [1.54, 1.807) is 0 Å². The molecule has 1 aromatic carbocycles. The molecule has 1 N–H and O–H groups in total. The third-order valence-corrected chi connectivity index (χ3v) is 3.24. The summed E-state index contributed by atoms with van der Waals surface area (Å²) < 4.78 is -1.69. The lowest BCUT2D eigenvalue weighted by molar-refractivity contribution is 0.818. The first-order chi connectivity index (χ1) is 10.0. The van der Waals surface area contributed by atoms with Crippen LogP contribution in [0, 0.1) is 0 Å². The Morgan fingerprint density at radius 3 is 2.38 bits per heavy atom. The first kappa shape index (κ1) is 16.3. The van der Waals surface area contributed by atoms with Crippen molar-refractivity contribution in [2.45, 2.75) is 23.6 Å². The van der Waals surface area contributed by atoms with Gasteiger partial charge in [-0.05, 0) is 6.42 Å². The van der Waals surface area contributed by atoms with Gasteiger partial charge in [0.25, 0.3) is 0 Å². The molecule has 4 nitrogen and oxygen atoms in total. The Bertz CT molecular complexity index is 585. The van der Waals surface area contributed by atoms with E-state index in [1.807, 2.05) is 30.3 Å². The van der Waals surface area contributed by atoms with E-state index in [1.165, 1.54) is 0 Å². The second-order valence-electron chi connectivity index (χ2n) is 4.45. The van der Waals surface area contributed by atoms with Gasteiger partial charge in [-0.25, -0.2) is 4.98 Å². The Balaban J connectivity index is 2.38. The fourth-order valence-corrected chi connectivity index (χ4v) is 1.93. The van der Waals surface area contributed by atoms with Gasteiger partial charge in [-0.3, -0.25) is 0 Å². The Hall–Kier alpha value is -1.10. The number of unbranched alkanes of at least 4 members (excludes halogenated alkanes) is 1. The van der Waals surface area contributed by atoms with Gasteiger partial charge in [0, 0.05) is 12.1 Å². The predicted octanol–water partition coefficient (Wildman–Crippen LogP) is 4.58. The van der Waals surface area contributed by atoms with E-state index in [0.717, 1.165) is 24.9 Å². The van der Waals surface area contributed by atoms with E-state index in [2.05, 4.69) is 27.2 Å². The Morgan fingerprint density at radius 2 is 1.76 bits per heavy atom. The van der Waals surface area contributed by atoms with Crippen LogP contribution in [0.5, 0.6) is 0 Å². The first-order valence-corrected chi connectivity index (χ1v) is 7.76. The molecule has 0 fully saturated rings. The first-order valence-electron chi connectivity index (χ1n) is 6.63. The van der Waals surface area contributed by atoms with Gasteiger partial charge < -0.3 is 5.32 Å². The van der Waals surface area contributed by atoms with E-state index in [9.17, 15) is 0 Å². The van der Waals surface area contributed by atoms with Gasteiger partial charge >= 0.3 is 0 Å². The normalized spacial score (nSPS) is 11.4. The summed E-state index contributed by atoms with van der Waals surface area (Å²) in [4.78, 5) is 12.8. The number of nitrogens with one attached hydrogen (secondary N) is 1. The zero-order valence-corrected chi connectivity index (χ0v) is 13.8. The van der Waals surface area contributed by atoms with E-state index in [-0.39, 0.29) is 5.82 Å². The van der Waals surface area contributed by atoms with Crippen LogP contribution >= 0.6 is 34.8 Å². The Morgan fingerprint density at radius 1 is 1.05 bits per heavy atom. The molecule has 0 radical (unpaired) electrons. The van der Waals surface area contributed by atoms with Gasteiger partial charge in [0.15, 0.2) is 11.6 Å². The summed E-state index contributed by atoms with van der Waals surface area (Å²) in [6.07, 6.45) is 2.08. The highest BCUT2D eigenvalue weighted by Crippen LogP contribution is 2.36. The minimum absolute atomic E-state index is 0.111. The molecule has 0 unspecified atom stereocenters. The van der Waals surface area contributed by atoms with Crippen molar-refractivity contribution in [2.24, 2.45) is 0 Å². The minimum atomic E-state index is -1.69. The summed E-state index contributed by atoms with van der Waals surface area (Å²) >= 11 is 17.7. The van der Waals surface area contributed by atoms with Crippen molar-refractivity contribution >= 4 is 40.8 Å². The Kier molecular flexibility index (Phi) is 5.62. The summed E-state index contributed by atoms with van der Waals surface area (Å²) in [5, 5.41) is 3.13. The van der Waals surface area contributed by atoms with E-state index in [4.69, 9.17) is 34.8 Å². The topological polar surface area (TPSA) is 50.7 Å². The highest BCUT2D eigenvalue weighted by Gasteiger charge is 2.28. The highest BCUT2D eigenvalue weighted by molar-refractivity contribution is 6.66. The van der Waals surface area contributed by atoms with Crippen molar-refractivity contribution in [1.82, 2.24) is 15.0 Å². The highest BCUT2D eigenvalue weighted by atomic mass is 35.6. The molecule has 2 rings (SSSR count). The third kappa shape index (κ3) is 4.70. The van der Waals surface area contributed by atoms with Crippen molar-refractivity contribution in [2.75, 3.05) is 11.9 Å². The maximum Gasteiger partial charge on any atom is 0.250 e. The van der Waals surface area contributed by atoms with E-state index in [0.29, 0.717) is 11.8 Å². The molecule has 7 heteroatoms. The van der Waals surface area contributed by atoms with Gasteiger partial charge in [0.05, 0.1) is 0 Å². The number of hydrogen-bond donors (Lipinski definition) is 1. The standard InChI is InChI=1S/C14H15Cl3N4/c1-2-3-9-18-13-20-11(10-7-5-4-6-8-10)19-12(21-13)14(15,16)17/h4-8H,2-3,9H2,1H3,(H,18,19,20,21). The Labute approximate surface area is 138 Å². The van der Waals surface area contributed by atoms with Crippen molar-refractivity contribution < 1.29 is 0 Å². The fourth-order valence-electron chi connectivity index (χ4n) is 1.68. The molecule has 1 aromatic heterocycles. The van der Waals surface area contributed by atoms with Gasteiger partial charge in [-0.2, -0.15) is 9.97 Å². The average Bonchev–Trinajstić information content (AvgIpc) is 2.47. The summed E-state index contributed by atoms with van der Waals surface area (Å²) in [6, 6.07) is 9.51. The number of halogens is 3. The van der Waals surface area contributed by atoms with Crippen LogP contribution in [0.25, 0.3) is 11.4 Å². The zero-order valence-electron chi connectivity index (χ0n) is 11.5. The molecule has 0 saturated carbocycles. The van der Waals surface area contributed by atoms with E-state index >= 15 is 0 Å². The number of aromatic nitrogens is 3. The number of anilines is 1. The molecular formula is C14H15Cl3N4. The molecule has 112 valence electrons. The van der Waals surface area contributed by atoms with Crippen LogP contribution in [0.1, 0.15) is 25.6 Å². The van der Waals surface area contributed by atoms with Crippen LogP contribution in [-0.4, -0.2) is 21.5 Å². The quantitative estimate of drug-likeness (QED) is 0.636. The number of hydrogen-bond acceptors (Lipinski definition) is 4. The molecule has 1 heterocycles. The fraction of sp³-hybridized carbons (Fsp3) is 0.357. The van der Waals surface area contributed by atoms with Gasteiger partial charge in [-0.1, -0.05) is 78.5 Å². The van der Waals surface area contributed by atoms with Crippen LogP contribution in [0.15, 0.2) is 30.3 Å². The van der Waals surface area contributed by atoms with Gasteiger partial charge in [0.1, 0.15) is 0 Å². The zero-order chi connectivity index (χ0) is 15.3. The molecule has 0 amide bonds. The van der Waals surface area contributed by atoms with Crippen LogP contribution < -0.4 is 5.32 Å². The smallest absolute Gasteiger partial charge is 0.250 e. The maximum atomic E-state index is 5.90. The van der Waals surface area contributed by atoms with Crippen molar-refractivity contribution in [3.63, 3.8) is 0 Å². The molecule has 0 atom stereocenters. The van der Waals surface area contributed by atoms with Crippen molar-refractivity contribution in [3.05, 3.63) is 36.2 Å². The average molecular weight is 346 g/mol. The van der Waals surface area contributed by atoms with Crippen LogP contribution in [0.2, 0.25) is 0 Å². The summed E-state index contributed by atoms with van der Waals surface area (Å²) in [5.41, 5.74) is 0.842. The number of alkyl halides is 3. The molecule has 0 bridgehead atoms. The monoisotopic (exact) mass is 344 g/mol.